The first kappa shape index (κ1) is 11.8. The second-order valence-electron chi connectivity index (χ2n) is 3.98. The lowest BCUT2D eigenvalue weighted by atomic mass is 10.0. The number of benzene rings is 1. The average Bonchev–Trinajstić information content (AvgIpc) is 2.75. The van der Waals surface area contributed by atoms with Crippen LogP contribution in [-0.4, -0.2) is 35.6 Å². The molecule has 1 saturated heterocycles. The molecule has 16 heavy (non-hydrogen) atoms. The molecule has 2 rings (SSSR count). The summed E-state index contributed by atoms with van der Waals surface area (Å²) in [6.07, 6.45) is -0.309. The van der Waals surface area contributed by atoms with Crippen molar-refractivity contribution < 1.29 is 14.9 Å². The quantitative estimate of drug-likeness (QED) is 0.731. The first-order valence-corrected chi connectivity index (χ1v) is 5.43. The van der Waals surface area contributed by atoms with Gasteiger partial charge in [-0.25, -0.2) is 0 Å². The molecule has 1 unspecified atom stereocenters. The van der Waals surface area contributed by atoms with Gasteiger partial charge in [-0.3, -0.25) is 5.32 Å². The van der Waals surface area contributed by atoms with Gasteiger partial charge >= 0.3 is 0 Å². The van der Waals surface area contributed by atoms with Crippen LogP contribution in [0.2, 0.25) is 5.02 Å². The summed E-state index contributed by atoms with van der Waals surface area (Å²) in [5, 5.41) is 22.1. The fourth-order valence-electron chi connectivity index (χ4n) is 1.65. The van der Waals surface area contributed by atoms with Crippen molar-refractivity contribution in [3.8, 4) is 0 Å². The zero-order valence-corrected chi connectivity index (χ0v) is 9.44. The van der Waals surface area contributed by atoms with Crippen molar-refractivity contribution in [1.82, 2.24) is 5.32 Å². The fourth-order valence-corrected chi connectivity index (χ4v) is 1.78. The SMILES string of the molecule is OCC1(CO)COC(c2ccc(Cl)cc2)N1. The highest BCUT2D eigenvalue weighted by Crippen LogP contribution is 2.26. The van der Waals surface area contributed by atoms with Crippen LogP contribution in [0, 0.1) is 0 Å². The number of ether oxygens (including phenoxy) is 1. The van der Waals surface area contributed by atoms with Crippen molar-refractivity contribution in [3.63, 3.8) is 0 Å². The Morgan fingerprint density at radius 3 is 2.44 bits per heavy atom. The van der Waals surface area contributed by atoms with Gasteiger partial charge in [0.1, 0.15) is 6.23 Å². The van der Waals surface area contributed by atoms with Crippen LogP contribution in [0.4, 0.5) is 0 Å². The van der Waals surface area contributed by atoms with Crippen molar-refractivity contribution in [2.24, 2.45) is 0 Å². The molecule has 1 fully saturated rings. The largest absolute Gasteiger partial charge is 0.394 e. The number of rotatable bonds is 3. The molecule has 0 aromatic heterocycles. The summed E-state index contributed by atoms with van der Waals surface area (Å²) in [5.41, 5.74) is 0.179. The molecule has 0 aliphatic carbocycles. The predicted octanol–water partition coefficient (Wildman–Crippen LogP) is 0.682. The molecule has 0 saturated carbocycles. The van der Waals surface area contributed by atoms with Gasteiger partial charge in [0, 0.05) is 5.02 Å². The Morgan fingerprint density at radius 2 is 1.94 bits per heavy atom. The summed E-state index contributed by atoms with van der Waals surface area (Å²) in [7, 11) is 0. The summed E-state index contributed by atoms with van der Waals surface area (Å²) < 4.78 is 5.50. The van der Waals surface area contributed by atoms with Crippen LogP contribution >= 0.6 is 11.6 Å². The molecule has 4 nitrogen and oxygen atoms in total. The average molecular weight is 244 g/mol. The van der Waals surface area contributed by atoms with Crippen molar-refractivity contribution in [2.75, 3.05) is 19.8 Å². The molecule has 5 heteroatoms. The minimum Gasteiger partial charge on any atom is -0.394 e. The van der Waals surface area contributed by atoms with E-state index in [1.54, 1.807) is 12.1 Å². The number of hydrogen-bond donors (Lipinski definition) is 3. The third-order valence-electron chi connectivity index (χ3n) is 2.74. The highest BCUT2D eigenvalue weighted by Gasteiger charge is 2.39. The standard InChI is InChI=1S/C11H14ClNO3/c12-9-3-1-8(2-4-9)10-13-11(5-14,6-15)7-16-10/h1-4,10,13-15H,5-7H2. The van der Waals surface area contributed by atoms with E-state index < -0.39 is 5.54 Å². The molecule has 0 amide bonds. The van der Waals surface area contributed by atoms with E-state index in [9.17, 15) is 10.2 Å². The van der Waals surface area contributed by atoms with E-state index in [-0.39, 0.29) is 26.0 Å². The molecular weight excluding hydrogens is 230 g/mol. The van der Waals surface area contributed by atoms with Crippen LogP contribution < -0.4 is 5.32 Å². The van der Waals surface area contributed by atoms with Gasteiger partial charge in [-0.1, -0.05) is 23.7 Å². The molecule has 1 aromatic rings. The van der Waals surface area contributed by atoms with E-state index in [1.807, 2.05) is 12.1 Å². The lowest BCUT2D eigenvalue weighted by molar-refractivity contribution is 0.0760. The van der Waals surface area contributed by atoms with Gasteiger partial charge in [0.15, 0.2) is 0 Å². The van der Waals surface area contributed by atoms with E-state index >= 15 is 0 Å². The molecule has 0 bridgehead atoms. The Kier molecular flexibility index (Phi) is 3.47. The number of aliphatic hydroxyl groups is 2. The highest BCUT2D eigenvalue weighted by atomic mass is 35.5. The summed E-state index contributed by atoms with van der Waals surface area (Å²) >= 11 is 5.79. The van der Waals surface area contributed by atoms with E-state index in [0.717, 1.165) is 5.56 Å². The molecule has 1 atom stereocenters. The smallest absolute Gasteiger partial charge is 0.135 e. The van der Waals surface area contributed by atoms with Gasteiger partial charge in [0.2, 0.25) is 0 Å². The Labute approximate surface area is 98.8 Å². The van der Waals surface area contributed by atoms with Gasteiger partial charge < -0.3 is 14.9 Å². The van der Waals surface area contributed by atoms with Gasteiger partial charge in [0.05, 0.1) is 25.4 Å². The molecular formula is C11H14ClNO3. The van der Waals surface area contributed by atoms with Gasteiger partial charge in [-0.15, -0.1) is 0 Å². The number of aliphatic hydroxyl groups excluding tert-OH is 2. The molecule has 1 aromatic carbocycles. The van der Waals surface area contributed by atoms with Crippen LogP contribution in [0.5, 0.6) is 0 Å². The maximum absolute atomic E-state index is 9.20. The van der Waals surface area contributed by atoms with Crippen LogP contribution in [-0.2, 0) is 4.74 Å². The first-order chi connectivity index (χ1) is 7.69. The van der Waals surface area contributed by atoms with Crippen LogP contribution in [0.3, 0.4) is 0 Å². The van der Waals surface area contributed by atoms with Crippen molar-refractivity contribution in [3.05, 3.63) is 34.9 Å². The topological polar surface area (TPSA) is 61.7 Å². The summed E-state index contributed by atoms with van der Waals surface area (Å²) in [6.45, 7) is -0.0333. The Balaban J connectivity index is 2.11. The van der Waals surface area contributed by atoms with Gasteiger partial charge in [0.25, 0.3) is 0 Å². The van der Waals surface area contributed by atoms with E-state index in [2.05, 4.69) is 5.32 Å². The minimum atomic E-state index is -0.746. The molecule has 0 spiro atoms. The van der Waals surface area contributed by atoms with E-state index in [1.165, 1.54) is 0 Å². The van der Waals surface area contributed by atoms with Gasteiger partial charge in [-0.05, 0) is 17.7 Å². The molecule has 88 valence electrons. The van der Waals surface area contributed by atoms with E-state index in [0.29, 0.717) is 5.02 Å². The predicted molar refractivity (Wildman–Crippen MR) is 60.2 cm³/mol. The first-order valence-electron chi connectivity index (χ1n) is 5.06. The number of halogens is 1. The van der Waals surface area contributed by atoms with Crippen LogP contribution in [0.1, 0.15) is 11.8 Å². The third-order valence-corrected chi connectivity index (χ3v) is 2.99. The maximum Gasteiger partial charge on any atom is 0.135 e. The van der Waals surface area contributed by atoms with Gasteiger partial charge in [-0.2, -0.15) is 0 Å². The Morgan fingerprint density at radius 1 is 1.31 bits per heavy atom. The molecule has 1 aliphatic heterocycles. The fraction of sp³-hybridized carbons (Fsp3) is 0.455. The lowest BCUT2D eigenvalue weighted by Gasteiger charge is -2.23. The molecule has 1 heterocycles. The number of hydrogen-bond acceptors (Lipinski definition) is 4. The summed E-state index contributed by atoms with van der Waals surface area (Å²) in [6, 6.07) is 7.26. The highest BCUT2D eigenvalue weighted by molar-refractivity contribution is 6.30. The second-order valence-corrected chi connectivity index (χ2v) is 4.42. The Hall–Kier alpha value is -0.650. The van der Waals surface area contributed by atoms with Crippen molar-refractivity contribution in [1.29, 1.82) is 0 Å². The molecule has 1 aliphatic rings. The molecule has 3 N–H and O–H groups in total. The van der Waals surface area contributed by atoms with E-state index in [4.69, 9.17) is 16.3 Å². The van der Waals surface area contributed by atoms with Crippen LogP contribution in [0.25, 0.3) is 0 Å². The zero-order chi connectivity index (χ0) is 11.6. The third kappa shape index (κ3) is 2.21. The zero-order valence-electron chi connectivity index (χ0n) is 8.69. The van der Waals surface area contributed by atoms with Crippen LogP contribution in [0.15, 0.2) is 24.3 Å². The van der Waals surface area contributed by atoms with Crippen molar-refractivity contribution in [2.45, 2.75) is 11.8 Å². The Bertz CT molecular complexity index is 351. The van der Waals surface area contributed by atoms with Crippen molar-refractivity contribution >= 4 is 11.6 Å². The minimum absolute atomic E-state index is 0.159. The summed E-state index contributed by atoms with van der Waals surface area (Å²) in [4.78, 5) is 0. The monoisotopic (exact) mass is 243 g/mol. The maximum atomic E-state index is 9.20. The normalized spacial score (nSPS) is 23.6. The second kappa shape index (κ2) is 4.69. The number of nitrogens with one attached hydrogen (secondary N) is 1. The molecule has 0 radical (unpaired) electrons. The lowest BCUT2D eigenvalue weighted by Crippen LogP contribution is -2.49. The summed E-state index contributed by atoms with van der Waals surface area (Å²) in [5.74, 6) is 0.